The van der Waals surface area contributed by atoms with Crippen LogP contribution in [0.3, 0.4) is 0 Å². The van der Waals surface area contributed by atoms with Crippen molar-refractivity contribution >= 4 is 0 Å². The van der Waals surface area contributed by atoms with E-state index in [1.807, 2.05) is 24.3 Å². The summed E-state index contributed by atoms with van der Waals surface area (Å²) in [6.07, 6.45) is 4.61. The molecule has 1 aliphatic carbocycles. The summed E-state index contributed by atoms with van der Waals surface area (Å²) in [4.78, 5) is 0. The molecule has 0 bridgehead atoms. The van der Waals surface area contributed by atoms with Crippen LogP contribution in [0.5, 0.6) is 5.75 Å². The smallest absolute Gasteiger partial charge is 0.138 e. The molecule has 0 aromatic heterocycles. The van der Waals surface area contributed by atoms with Crippen LogP contribution in [0.4, 0.5) is 0 Å². The largest absolute Gasteiger partial charge is 0.484 e. The Hall–Kier alpha value is -1.06. The number of ether oxygens (including phenoxy) is 2. The fraction of sp³-hybridized carbons (Fsp3) is 0.600. The van der Waals surface area contributed by atoms with Gasteiger partial charge >= 0.3 is 0 Å². The lowest BCUT2D eigenvalue weighted by atomic mass is 9.75. The third-order valence-electron chi connectivity index (χ3n) is 4.32. The molecule has 1 aromatic rings. The summed E-state index contributed by atoms with van der Waals surface area (Å²) >= 11 is 0. The number of methoxy groups -OCH3 is 1. The maximum atomic E-state index is 10.4. The van der Waals surface area contributed by atoms with E-state index in [0.717, 1.165) is 30.6 Å². The first-order valence-electron chi connectivity index (χ1n) is 6.74. The Morgan fingerprint density at radius 1 is 1.33 bits per heavy atom. The van der Waals surface area contributed by atoms with Crippen molar-refractivity contribution in [3.8, 4) is 5.75 Å². The van der Waals surface area contributed by atoms with E-state index in [1.54, 1.807) is 7.11 Å². The number of fused-ring (bicyclic) bond motifs is 1. The zero-order valence-corrected chi connectivity index (χ0v) is 10.8. The molecule has 3 nitrogen and oxygen atoms in total. The van der Waals surface area contributed by atoms with Gasteiger partial charge in [0.2, 0.25) is 0 Å². The third-order valence-corrected chi connectivity index (χ3v) is 4.32. The fourth-order valence-electron chi connectivity index (χ4n) is 3.41. The van der Waals surface area contributed by atoms with E-state index in [9.17, 15) is 5.11 Å². The van der Waals surface area contributed by atoms with Crippen LogP contribution in [0.15, 0.2) is 24.3 Å². The van der Waals surface area contributed by atoms with Crippen LogP contribution in [0.25, 0.3) is 0 Å². The molecule has 3 rings (SSSR count). The SMILES string of the molecule is COC1CCCCC12CC(O)c1ccccc1O2. The first-order chi connectivity index (χ1) is 8.75. The van der Waals surface area contributed by atoms with Gasteiger partial charge in [0.05, 0.1) is 12.2 Å². The summed E-state index contributed by atoms with van der Waals surface area (Å²) in [7, 11) is 1.74. The highest BCUT2D eigenvalue weighted by atomic mass is 16.5. The molecule has 18 heavy (non-hydrogen) atoms. The van der Waals surface area contributed by atoms with Gasteiger partial charge in [0.1, 0.15) is 11.4 Å². The van der Waals surface area contributed by atoms with Gasteiger partial charge in [-0.25, -0.2) is 0 Å². The maximum absolute atomic E-state index is 10.4. The molecule has 1 spiro atoms. The van der Waals surface area contributed by atoms with E-state index in [4.69, 9.17) is 9.47 Å². The molecule has 1 fully saturated rings. The zero-order chi connectivity index (χ0) is 12.6. The van der Waals surface area contributed by atoms with Crippen molar-refractivity contribution in [3.05, 3.63) is 29.8 Å². The van der Waals surface area contributed by atoms with Gasteiger partial charge in [-0.3, -0.25) is 0 Å². The molecule has 1 aromatic carbocycles. The van der Waals surface area contributed by atoms with Gasteiger partial charge in [-0.2, -0.15) is 0 Å². The first kappa shape index (κ1) is 12.0. The minimum absolute atomic E-state index is 0.0919. The van der Waals surface area contributed by atoms with Gasteiger partial charge in [0, 0.05) is 19.1 Å². The second-order valence-corrected chi connectivity index (χ2v) is 5.39. The van der Waals surface area contributed by atoms with Crippen LogP contribution in [-0.2, 0) is 4.74 Å². The zero-order valence-electron chi connectivity index (χ0n) is 10.8. The van der Waals surface area contributed by atoms with E-state index in [1.165, 1.54) is 6.42 Å². The van der Waals surface area contributed by atoms with Gasteiger partial charge in [0.15, 0.2) is 0 Å². The Balaban J connectivity index is 1.96. The number of para-hydroxylation sites is 1. The Labute approximate surface area is 108 Å². The highest BCUT2D eigenvalue weighted by Crippen LogP contribution is 2.46. The van der Waals surface area contributed by atoms with E-state index < -0.39 is 6.10 Å². The van der Waals surface area contributed by atoms with Crippen molar-refractivity contribution in [2.75, 3.05) is 7.11 Å². The third kappa shape index (κ3) is 1.82. The Kier molecular flexibility index (Phi) is 3.04. The number of rotatable bonds is 1. The highest BCUT2D eigenvalue weighted by molar-refractivity contribution is 5.38. The van der Waals surface area contributed by atoms with Crippen LogP contribution < -0.4 is 4.74 Å². The fourth-order valence-corrected chi connectivity index (χ4v) is 3.41. The molecule has 1 heterocycles. The van der Waals surface area contributed by atoms with E-state index in [2.05, 4.69) is 0 Å². The minimum Gasteiger partial charge on any atom is -0.484 e. The lowest BCUT2D eigenvalue weighted by Crippen LogP contribution is -2.53. The molecule has 3 heteroatoms. The molecule has 3 atom stereocenters. The molecule has 0 amide bonds. The molecule has 1 N–H and O–H groups in total. The summed E-state index contributed by atoms with van der Waals surface area (Å²) in [5.41, 5.74) is 0.573. The van der Waals surface area contributed by atoms with Gasteiger partial charge < -0.3 is 14.6 Å². The molecule has 2 aliphatic rings. The quantitative estimate of drug-likeness (QED) is 0.830. The van der Waals surface area contributed by atoms with Crippen LogP contribution in [-0.4, -0.2) is 23.9 Å². The lowest BCUT2D eigenvalue weighted by molar-refractivity contribution is -0.130. The number of hydrogen-bond acceptors (Lipinski definition) is 3. The molecule has 3 unspecified atom stereocenters. The molecule has 0 saturated heterocycles. The molecule has 98 valence electrons. The number of hydrogen-bond donors (Lipinski definition) is 1. The van der Waals surface area contributed by atoms with Gasteiger partial charge in [-0.15, -0.1) is 0 Å². The Morgan fingerprint density at radius 3 is 3.00 bits per heavy atom. The maximum Gasteiger partial charge on any atom is 0.138 e. The van der Waals surface area contributed by atoms with Crippen molar-refractivity contribution in [3.63, 3.8) is 0 Å². The van der Waals surface area contributed by atoms with Crippen LogP contribution in [0.1, 0.15) is 43.8 Å². The summed E-state index contributed by atoms with van der Waals surface area (Å²) in [5.74, 6) is 0.820. The first-order valence-corrected chi connectivity index (χ1v) is 6.74. The minimum atomic E-state index is -0.439. The monoisotopic (exact) mass is 248 g/mol. The predicted octanol–water partition coefficient (Wildman–Crippen LogP) is 2.83. The van der Waals surface area contributed by atoms with E-state index >= 15 is 0 Å². The van der Waals surface area contributed by atoms with Gasteiger partial charge in [-0.1, -0.05) is 24.6 Å². The average Bonchev–Trinajstić information content (AvgIpc) is 2.39. The second-order valence-electron chi connectivity index (χ2n) is 5.39. The molecular weight excluding hydrogens is 228 g/mol. The van der Waals surface area contributed by atoms with Gasteiger partial charge in [0.25, 0.3) is 0 Å². The lowest BCUT2D eigenvalue weighted by Gasteiger charge is -2.47. The summed E-state index contributed by atoms with van der Waals surface area (Å²) < 4.78 is 11.9. The van der Waals surface area contributed by atoms with Crippen LogP contribution >= 0.6 is 0 Å². The van der Waals surface area contributed by atoms with E-state index in [0.29, 0.717) is 6.42 Å². The summed E-state index contributed by atoms with van der Waals surface area (Å²) in [6.45, 7) is 0. The number of aliphatic hydroxyl groups excluding tert-OH is 1. The summed E-state index contributed by atoms with van der Waals surface area (Å²) in [5, 5.41) is 10.4. The average molecular weight is 248 g/mol. The van der Waals surface area contributed by atoms with Crippen molar-refractivity contribution < 1.29 is 14.6 Å². The van der Waals surface area contributed by atoms with E-state index in [-0.39, 0.29) is 11.7 Å². The van der Waals surface area contributed by atoms with Crippen molar-refractivity contribution in [2.24, 2.45) is 0 Å². The van der Waals surface area contributed by atoms with Crippen LogP contribution in [0.2, 0.25) is 0 Å². The van der Waals surface area contributed by atoms with Gasteiger partial charge in [-0.05, 0) is 25.3 Å². The molecule has 1 aliphatic heterocycles. The second kappa shape index (κ2) is 4.56. The van der Waals surface area contributed by atoms with Crippen molar-refractivity contribution in [2.45, 2.75) is 49.9 Å². The van der Waals surface area contributed by atoms with Crippen molar-refractivity contribution in [1.82, 2.24) is 0 Å². The normalized spacial score (nSPS) is 35.0. The van der Waals surface area contributed by atoms with Crippen molar-refractivity contribution in [1.29, 1.82) is 0 Å². The molecular formula is C15H20O3. The molecule has 1 saturated carbocycles. The topological polar surface area (TPSA) is 38.7 Å². The summed E-state index contributed by atoms with van der Waals surface area (Å²) in [6, 6.07) is 7.78. The van der Waals surface area contributed by atoms with Crippen LogP contribution in [0, 0.1) is 0 Å². The number of aliphatic hydroxyl groups is 1. The molecule has 0 radical (unpaired) electrons. The Bertz CT molecular complexity index is 432. The highest BCUT2D eigenvalue weighted by Gasteiger charge is 2.48. The Morgan fingerprint density at radius 2 is 2.17 bits per heavy atom. The standard InChI is InChI=1S/C15H20O3/c1-17-14-8-4-5-9-15(14)10-12(16)11-6-2-3-7-13(11)18-15/h2-3,6-7,12,14,16H,4-5,8-10H2,1H3. The number of benzene rings is 1. The predicted molar refractivity (Wildman–Crippen MR) is 68.6 cm³/mol.